The van der Waals surface area contributed by atoms with E-state index in [2.05, 4.69) is 41.4 Å². The lowest BCUT2D eigenvalue weighted by Crippen LogP contribution is -2.22. The van der Waals surface area contributed by atoms with Crippen molar-refractivity contribution in [3.63, 3.8) is 0 Å². The van der Waals surface area contributed by atoms with E-state index in [0.717, 1.165) is 11.1 Å². The molecule has 4 heteroatoms. The smallest absolute Gasteiger partial charge is 0.211 e. The Morgan fingerprint density at radius 3 is 2.19 bits per heavy atom. The maximum absolute atomic E-state index is 5.34. The molecule has 0 bridgehead atoms. The highest BCUT2D eigenvalue weighted by Crippen LogP contribution is 2.08. The topological polar surface area (TPSA) is 76.8 Å². The van der Waals surface area contributed by atoms with E-state index in [1.807, 2.05) is 42.5 Å². The number of allylic oxidation sites excluding steroid dienone is 1. The minimum Gasteiger partial charge on any atom is -0.369 e. The normalized spacial score (nSPS) is 11.6. The summed E-state index contributed by atoms with van der Waals surface area (Å²) in [5.41, 5.74) is 14.6. The number of guanidine groups is 1. The van der Waals surface area contributed by atoms with Gasteiger partial charge in [0, 0.05) is 5.56 Å². The maximum atomic E-state index is 5.34. The van der Waals surface area contributed by atoms with Gasteiger partial charge in [-0.05, 0) is 18.6 Å². The predicted octanol–water partition coefficient (Wildman–Crippen LogP) is 2.69. The SMILES string of the molecule is Cc1ccc(/C=C/C(=N/N=C(N)N)c2ccccc2)cc1. The van der Waals surface area contributed by atoms with E-state index in [9.17, 15) is 0 Å². The Labute approximate surface area is 124 Å². The number of benzene rings is 2. The van der Waals surface area contributed by atoms with E-state index in [1.54, 1.807) is 0 Å². The van der Waals surface area contributed by atoms with Crippen molar-refractivity contribution in [3.8, 4) is 0 Å². The lowest BCUT2D eigenvalue weighted by molar-refractivity contribution is 1.20. The molecule has 0 aliphatic heterocycles. The van der Waals surface area contributed by atoms with Crippen molar-refractivity contribution in [1.82, 2.24) is 0 Å². The highest BCUT2D eigenvalue weighted by molar-refractivity contribution is 6.10. The van der Waals surface area contributed by atoms with Gasteiger partial charge in [-0.25, -0.2) is 0 Å². The summed E-state index contributed by atoms with van der Waals surface area (Å²) in [5.74, 6) is -0.0628. The van der Waals surface area contributed by atoms with Gasteiger partial charge in [-0.1, -0.05) is 66.2 Å². The Bertz CT molecular complexity index is 664. The van der Waals surface area contributed by atoms with Gasteiger partial charge in [-0.15, -0.1) is 10.2 Å². The largest absolute Gasteiger partial charge is 0.369 e. The first kappa shape index (κ1) is 14.5. The zero-order chi connectivity index (χ0) is 15.1. The molecule has 2 aromatic rings. The van der Waals surface area contributed by atoms with Crippen LogP contribution in [0.15, 0.2) is 70.9 Å². The molecule has 4 N–H and O–H groups in total. The lowest BCUT2D eigenvalue weighted by Gasteiger charge is -2.00. The first-order valence-electron chi connectivity index (χ1n) is 6.62. The van der Waals surface area contributed by atoms with E-state index in [4.69, 9.17) is 11.5 Å². The highest BCUT2D eigenvalue weighted by atomic mass is 15.3. The monoisotopic (exact) mass is 278 g/mol. The highest BCUT2D eigenvalue weighted by Gasteiger charge is 1.99. The fourth-order valence-corrected chi connectivity index (χ4v) is 1.76. The van der Waals surface area contributed by atoms with Gasteiger partial charge in [0.2, 0.25) is 5.96 Å². The van der Waals surface area contributed by atoms with Crippen LogP contribution in [0.3, 0.4) is 0 Å². The molecule has 0 radical (unpaired) electrons. The average molecular weight is 278 g/mol. The van der Waals surface area contributed by atoms with Crippen molar-refractivity contribution in [2.75, 3.05) is 0 Å². The minimum atomic E-state index is -0.0628. The molecule has 0 unspecified atom stereocenters. The molecule has 0 spiro atoms. The van der Waals surface area contributed by atoms with Crippen molar-refractivity contribution in [1.29, 1.82) is 0 Å². The molecule has 0 heterocycles. The van der Waals surface area contributed by atoms with Crippen LogP contribution in [0.4, 0.5) is 0 Å². The molecule has 0 saturated heterocycles. The van der Waals surface area contributed by atoms with E-state index >= 15 is 0 Å². The van der Waals surface area contributed by atoms with Crippen LogP contribution < -0.4 is 11.5 Å². The summed E-state index contributed by atoms with van der Waals surface area (Å²) in [4.78, 5) is 0. The van der Waals surface area contributed by atoms with Crippen LogP contribution in [0.25, 0.3) is 6.08 Å². The molecule has 0 saturated carbocycles. The molecule has 2 rings (SSSR count). The third-order valence-corrected chi connectivity index (χ3v) is 2.85. The molecular formula is C17H18N4. The van der Waals surface area contributed by atoms with Crippen molar-refractivity contribution in [2.24, 2.45) is 21.7 Å². The Balaban J connectivity index is 2.30. The summed E-state index contributed by atoms with van der Waals surface area (Å²) >= 11 is 0. The molecule has 0 amide bonds. The third kappa shape index (κ3) is 4.62. The quantitative estimate of drug-likeness (QED) is 0.512. The number of hydrogen-bond donors (Lipinski definition) is 2. The standard InChI is InChI=1S/C17H18N4/c1-13-7-9-14(10-8-13)11-12-16(20-21-17(18)19)15-5-3-2-4-6-15/h2-12H,1H3,(H4,18,19,21)/b12-11+,20-16-. The lowest BCUT2D eigenvalue weighted by atomic mass is 10.1. The Kier molecular flexibility index (Phi) is 4.88. The van der Waals surface area contributed by atoms with Gasteiger partial charge in [0.15, 0.2) is 0 Å². The summed E-state index contributed by atoms with van der Waals surface area (Å²) in [7, 11) is 0. The molecule has 0 atom stereocenters. The van der Waals surface area contributed by atoms with Crippen molar-refractivity contribution in [3.05, 3.63) is 77.4 Å². The summed E-state index contributed by atoms with van der Waals surface area (Å²) in [6, 6.07) is 18.0. The van der Waals surface area contributed by atoms with Gasteiger partial charge in [-0.2, -0.15) is 0 Å². The van der Waals surface area contributed by atoms with Gasteiger partial charge in [0.25, 0.3) is 0 Å². The van der Waals surface area contributed by atoms with E-state index < -0.39 is 0 Å². The molecule has 0 fully saturated rings. The number of hydrogen-bond acceptors (Lipinski definition) is 2. The first-order chi connectivity index (χ1) is 10.1. The molecule has 4 nitrogen and oxygen atoms in total. The molecule has 0 aliphatic rings. The molecule has 0 aliphatic carbocycles. The van der Waals surface area contributed by atoms with Crippen LogP contribution >= 0.6 is 0 Å². The van der Waals surface area contributed by atoms with Gasteiger partial charge in [0.1, 0.15) is 0 Å². The fraction of sp³-hybridized carbons (Fsp3) is 0.0588. The van der Waals surface area contributed by atoms with Gasteiger partial charge < -0.3 is 11.5 Å². The van der Waals surface area contributed by atoms with Crippen molar-refractivity contribution < 1.29 is 0 Å². The first-order valence-corrected chi connectivity index (χ1v) is 6.62. The van der Waals surface area contributed by atoms with E-state index in [0.29, 0.717) is 5.71 Å². The summed E-state index contributed by atoms with van der Waals surface area (Å²) in [6.07, 6.45) is 3.87. The third-order valence-electron chi connectivity index (χ3n) is 2.85. The number of rotatable bonds is 4. The number of aryl methyl sites for hydroxylation is 1. The van der Waals surface area contributed by atoms with E-state index in [1.165, 1.54) is 5.56 Å². The van der Waals surface area contributed by atoms with Crippen LogP contribution in [0.5, 0.6) is 0 Å². The van der Waals surface area contributed by atoms with Crippen molar-refractivity contribution >= 4 is 17.7 Å². The van der Waals surface area contributed by atoms with Crippen molar-refractivity contribution in [2.45, 2.75) is 6.92 Å². The fourth-order valence-electron chi connectivity index (χ4n) is 1.76. The second-order valence-electron chi connectivity index (χ2n) is 4.62. The molecule has 21 heavy (non-hydrogen) atoms. The van der Waals surface area contributed by atoms with E-state index in [-0.39, 0.29) is 5.96 Å². The molecule has 2 aromatic carbocycles. The summed E-state index contributed by atoms with van der Waals surface area (Å²) < 4.78 is 0. The van der Waals surface area contributed by atoms with Gasteiger partial charge >= 0.3 is 0 Å². The minimum absolute atomic E-state index is 0.0628. The number of nitrogens with zero attached hydrogens (tertiary/aromatic N) is 2. The van der Waals surface area contributed by atoms with Crippen LogP contribution in [0.1, 0.15) is 16.7 Å². The Hall–Kier alpha value is -2.88. The maximum Gasteiger partial charge on any atom is 0.211 e. The van der Waals surface area contributed by atoms with Crippen LogP contribution in [0, 0.1) is 6.92 Å². The zero-order valence-corrected chi connectivity index (χ0v) is 11.9. The van der Waals surface area contributed by atoms with Gasteiger partial charge in [-0.3, -0.25) is 0 Å². The summed E-state index contributed by atoms with van der Waals surface area (Å²) in [5, 5.41) is 7.83. The van der Waals surface area contributed by atoms with Crippen LogP contribution in [0.2, 0.25) is 0 Å². The zero-order valence-electron chi connectivity index (χ0n) is 11.9. The average Bonchev–Trinajstić information content (AvgIpc) is 2.50. The number of nitrogens with two attached hydrogens (primary N) is 2. The Morgan fingerprint density at radius 2 is 1.57 bits per heavy atom. The van der Waals surface area contributed by atoms with Crippen LogP contribution in [-0.4, -0.2) is 11.7 Å². The predicted molar refractivity (Wildman–Crippen MR) is 89.0 cm³/mol. The second-order valence-corrected chi connectivity index (χ2v) is 4.62. The molecular weight excluding hydrogens is 260 g/mol. The Morgan fingerprint density at radius 1 is 0.905 bits per heavy atom. The summed E-state index contributed by atoms with van der Waals surface area (Å²) in [6.45, 7) is 2.06. The molecule has 0 aromatic heterocycles. The van der Waals surface area contributed by atoms with Crippen LogP contribution in [-0.2, 0) is 0 Å². The second kappa shape index (κ2) is 7.05. The van der Waals surface area contributed by atoms with Gasteiger partial charge in [0.05, 0.1) is 5.71 Å². The molecule has 106 valence electrons.